The van der Waals surface area contributed by atoms with Gasteiger partial charge in [0.25, 0.3) is 0 Å². The monoisotopic (exact) mass is 160 g/mol. The van der Waals surface area contributed by atoms with E-state index in [0.717, 1.165) is 0 Å². The molecular weight excluding hydrogens is 147 g/mol. The van der Waals surface area contributed by atoms with Gasteiger partial charge < -0.3 is 20.1 Å². The number of aliphatic hydroxyl groups excluding tert-OH is 3. The minimum atomic E-state index is -0.977. The Bertz CT molecular complexity index is 150. The highest BCUT2D eigenvalue weighted by atomic mass is 16.6. The van der Waals surface area contributed by atoms with Gasteiger partial charge in [0, 0.05) is 0 Å². The molecule has 1 heterocycles. The Morgan fingerprint density at radius 1 is 1.55 bits per heavy atom. The Balaban J connectivity index is 2.69. The molecule has 0 amide bonds. The molecule has 1 aliphatic heterocycles. The van der Waals surface area contributed by atoms with Crippen LogP contribution in [-0.2, 0) is 4.74 Å². The van der Waals surface area contributed by atoms with Crippen LogP contribution in [0.3, 0.4) is 0 Å². The molecule has 11 heavy (non-hydrogen) atoms. The van der Waals surface area contributed by atoms with Crippen LogP contribution in [0, 0.1) is 0 Å². The lowest BCUT2D eigenvalue weighted by atomic mass is 9.78. The lowest BCUT2D eigenvalue weighted by Gasteiger charge is -2.21. The van der Waals surface area contributed by atoms with Gasteiger partial charge in [0.1, 0.15) is 26.2 Å². The van der Waals surface area contributed by atoms with Crippen molar-refractivity contribution in [2.24, 2.45) is 0 Å². The van der Waals surface area contributed by atoms with Crippen molar-refractivity contribution >= 4 is 7.85 Å². The molecule has 0 saturated carbocycles. The zero-order valence-corrected chi connectivity index (χ0v) is 6.69. The highest BCUT2D eigenvalue weighted by Crippen LogP contribution is 2.27. The molecule has 0 aromatic carbocycles. The summed E-state index contributed by atoms with van der Waals surface area (Å²) < 4.78 is 5.17. The van der Waals surface area contributed by atoms with Gasteiger partial charge in [-0.15, -0.1) is 0 Å². The first-order chi connectivity index (χ1) is 4.99. The molecule has 1 aliphatic rings. The first kappa shape index (κ1) is 9.00. The molecule has 0 aromatic rings. The maximum atomic E-state index is 9.34. The second-order valence-electron chi connectivity index (χ2n) is 3.38. The quantitative estimate of drug-likeness (QED) is 0.369. The average molecular weight is 160 g/mol. The molecule has 5 heteroatoms. The summed E-state index contributed by atoms with van der Waals surface area (Å²) in [6.07, 6.45) is -2.55. The predicted molar refractivity (Wildman–Crippen MR) is 40.9 cm³/mol. The Hall–Kier alpha value is -0.0951. The van der Waals surface area contributed by atoms with Gasteiger partial charge in [-0.05, 0) is 6.92 Å². The second-order valence-corrected chi connectivity index (χ2v) is 3.38. The molecule has 0 radical (unpaired) electrons. The lowest BCUT2D eigenvalue weighted by molar-refractivity contribution is -0.0333. The standard InChI is InChI=1S/C6H13BO4/c1-6(7)5(10)4(9)3(2-8)11-6/h3-5,8-10H,2,7H2,1H3/t3-,4+,5+,6-/m1/s1. The van der Waals surface area contributed by atoms with E-state index in [1.807, 2.05) is 0 Å². The molecule has 0 spiro atoms. The average Bonchev–Trinajstić information content (AvgIpc) is 2.13. The third-order valence-electron chi connectivity index (χ3n) is 2.05. The van der Waals surface area contributed by atoms with Gasteiger partial charge in [-0.25, -0.2) is 0 Å². The van der Waals surface area contributed by atoms with Gasteiger partial charge in [-0.2, -0.15) is 0 Å². The van der Waals surface area contributed by atoms with Crippen molar-refractivity contribution in [1.29, 1.82) is 0 Å². The summed E-state index contributed by atoms with van der Waals surface area (Å²) in [7, 11) is 1.68. The highest BCUT2D eigenvalue weighted by Gasteiger charge is 2.47. The third kappa shape index (κ3) is 1.42. The van der Waals surface area contributed by atoms with Crippen LogP contribution in [0.4, 0.5) is 0 Å². The molecule has 4 atom stereocenters. The van der Waals surface area contributed by atoms with E-state index in [1.165, 1.54) is 0 Å². The summed E-state index contributed by atoms with van der Waals surface area (Å²) in [6, 6.07) is 0. The van der Waals surface area contributed by atoms with Gasteiger partial charge in [-0.1, -0.05) is 0 Å². The molecule has 1 rings (SSSR count). The Morgan fingerprint density at radius 3 is 2.27 bits per heavy atom. The van der Waals surface area contributed by atoms with Crippen molar-refractivity contribution in [1.82, 2.24) is 0 Å². The first-order valence-corrected chi connectivity index (χ1v) is 3.64. The van der Waals surface area contributed by atoms with Crippen LogP contribution in [0.1, 0.15) is 6.92 Å². The minimum absolute atomic E-state index is 0.262. The van der Waals surface area contributed by atoms with Gasteiger partial charge in [0.2, 0.25) is 0 Å². The molecule has 1 fully saturated rings. The second kappa shape index (κ2) is 2.75. The van der Waals surface area contributed by atoms with Crippen molar-refractivity contribution in [2.45, 2.75) is 30.7 Å². The van der Waals surface area contributed by atoms with Crippen molar-refractivity contribution in [2.75, 3.05) is 6.61 Å². The van der Waals surface area contributed by atoms with Crippen molar-refractivity contribution in [3.63, 3.8) is 0 Å². The lowest BCUT2D eigenvalue weighted by Crippen LogP contribution is -2.40. The maximum absolute atomic E-state index is 9.34. The normalized spacial score (nSPS) is 51.5. The predicted octanol–water partition coefficient (Wildman–Crippen LogP) is -2.55. The van der Waals surface area contributed by atoms with E-state index in [4.69, 9.17) is 9.84 Å². The zero-order chi connectivity index (χ0) is 8.65. The molecule has 0 unspecified atom stereocenters. The van der Waals surface area contributed by atoms with Gasteiger partial charge in [0.05, 0.1) is 12.1 Å². The van der Waals surface area contributed by atoms with E-state index < -0.39 is 23.8 Å². The van der Waals surface area contributed by atoms with E-state index in [9.17, 15) is 10.2 Å². The van der Waals surface area contributed by atoms with Crippen LogP contribution in [-0.4, -0.2) is 53.6 Å². The molecule has 4 nitrogen and oxygen atoms in total. The van der Waals surface area contributed by atoms with Crippen molar-refractivity contribution in [3.8, 4) is 0 Å². The summed E-state index contributed by atoms with van der Waals surface area (Å²) >= 11 is 0. The number of ether oxygens (including phenoxy) is 1. The number of hydrogen-bond acceptors (Lipinski definition) is 4. The Morgan fingerprint density at radius 2 is 2.09 bits per heavy atom. The largest absolute Gasteiger partial charge is 0.394 e. The molecule has 0 aromatic heterocycles. The fraction of sp³-hybridized carbons (Fsp3) is 1.00. The smallest absolute Gasteiger partial charge is 0.146 e. The SMILES string of the molecule is B[C@]1(C)O[C@H](CO)[C@H](O)[C@@H]1O. The van der Waals surface area contributed by atoms with Crippen molar-refractivity contribution < 1.29 is 20.1 Å². The molecule has 3 N–H and O–H groups in total. The summed E-state index contributed by atoms with van der Waals surface area (Å²) in [5, 5.41) is 27.3. The third-order valence-corrected chi connectivity index (χ3v) is 2.05. The first-order valence-electron chi connectivity index (χ1n) is 3.64. The number of aliphatic hydroxyl groups is 3. The number of rotatable bonds is 1. The van der Waals surface area contributed by atoms with E-state index in [-0.39, 0.29) is 6.61 Å². The van der Waals surface area contributed by atoms with Gasteiger partial charge in [0.15, 0.2) is 0 Å². The van der Waals surface area contributed by atoms with E-state index in [1.54, 1.807) is 14.8 Å². The van der Waals surface area contributed by atoms with E-state index >= 15 is 0 Å². The topological polar surface area (TPSA) is 69.9 Å². The summed E-state index contributed by atoms with van der Waals surface area (Å²) in [6.45, 7) is 1.41. The fourth-order valence-corrected chi connectivity index (χ4v) is 1.29. The van der Waals surface area contributed by atoms with Crippen LogP contribution >= 0.6 is 0 Å². The fourth-order valence-electron chi connectivity index (χ4n) is 1.29. The van der Waals surface area contributed by atoms with Crippen LogP contribution < -0.4 is 0 Å². The van der Waals surface area contributed by atoms with Gasteiger partial charge in [-0.3, -0.25) is 0 Å². The molecular formula is C6H13BO4. The summed E-state index contributed by atoms with van der Waals surface area (Å²) in [5.41, 5.74) is -0.757. The zero-order valence-electron chi connectivity index (χ0n) is 6.69. The number of hydrogen-bond donors (Lipinski definition) is 3. The van der Waals surface area contributed by atoms with Crippen LogP contribution in [0.5, 0.6) is 0 Å². The Kier molecular flexibility index (Phi) is 2.25. The van der Waals surface area contributed by atoms with Crippen LogP contribution in [0.15, 0.2) is 0 Å². The van der Waals surface area contributed by atoms with Crippen LogP contribution in [0.2, 0.25) is 0 Å². The van der Waals surface area contributed by atoms with E-state index in [0.29, 0.717) is 0 Å². The highest BCUT2D eigenvalue weighted by molar-refractivity contribution is 6.15. The van der Waals surface area contributed by atoms with Crippen LogP contribution in [0.25, 0.3) is 0 Å². The molecule has 0 bridgehead atoms. The Labute approximate surface area is 66.2 Å². The minimum Gasteiger partial charge on any atom is -0.394 e. The summed E-state index contributed by atoms with van der Waals surface area (Å²) in [5.74, 6) is 0. The molecule has 1 saturated heterocycles. The van der Waals surface area contributed by atoms with Crippen molar-refractivity contribution in [3.05, 3.63) is 0 Å². The van der Waals surface area contributed by atoms with E-state index in [2.05, 4.69) is 0 Å². The maximum Gasteiger partial charge on any atom is 0.146 e. The summed E-state index contributed by atoms with van der Waals surface area (Å²) in [4.78, 5) is 0. The molecule has 64 valence electrons. The molecule has 0 aliphatic carbocycles. The van der Waals surface area contributed by atoms with Gasteiger partial charge >= 0.3 is 0 Å².